The van der Waals surface area contributed by atoms with Crippen molar-refractivity contribution in [3.05, 3.63) is 75.3 Å². The second kappa shape index (κ2) is 12.6. The molecule has 2 aliphatic heterocycles. The fraction of sp³-hybridized carbons (Fsp3) is 0.355. The Bertz CT molecular complexity index is 1910. The summed E-state index contributed by atoms with van der Waals surface area (Å²) in [5.41, 5.74) is -2.24. The lowest BCUT2D eigenvalue weighted by atomic mass is 9.80. The molecule has 0 spiro atoms. The van der Waals surface area contributed by atoms with Gasteiger partial charge in [0.1, 0.15) is 16.4 Å². The molecule has 1 N–H and O–H groups in total. The SMILES string of the molecule is COc1ccc(S(=O)(=O)N2C(=O)C(c3cc(C)ccc3OC)(N3C[C@H](O)C[C@H]3C(=O)N(C)C)c3c2ccc(Cl)c3Cl)c(OC(F)(F)F)c1. The minimum Gasteiger partial charge on any atom is -0.497 e. The average molecular weight is 733 g/mol. The molecule has 0 aliphatic carbocycles. The van der Waals surface area contributed by atoms with Crippen molar-refractivity contribution in [3.8, 4) is 17.2 Å². The number of likely N-dealkylation sites (N-methyl/N-ethyl adjacent to an activating group) is 1. The van der Waals surface area contributed by atoms with Crippen LogP contribution in [-0.2, 0) is 25.2 Å². The molecule has 258 valence electrons. The van der Waals surface area contributed by atoms with E-state index in [-0.39, 0.29) is 51.3 Å². The van der Waals surface area contributed by atoms with Crippen LogP contribution in [0.4, 0.5) is 18.9 Å². The maximum atomic E-state index is 15.4. The maximum Gasteiger partial charge on any atom is 0.573 e. The van der Waals surface area contributed by atoms with Crippen LogP contribution in [0, 0.1) is 6.92 Å². The summed E-state index contributed by atoms with van der Waals surface area (Å²) < 4.78 is 85.1. The van der Waals surface area contributed by atoms with Crippen molar-refractivity contribution in [2.24, 2.45) is 0 Å². The fourth-order valence-corrected chi connectivity index (χ4v) is 8.29. The lowest BCUT2D eigenvalue weighted by Crippen LogP contribution is -2.59. The number of alkyl halides is 3. The number of rotatable bonds is 8. The molecule has 11 nitrogen and oxygen atoms in total. The summed E-state index contributed by atoms with van der Waals surface area (Å²) in [4.78, 5) is 30.6. The second-order valence-electron chi connectivity index (χ2n) is 11.4. The van der Waals surface area contributed by atoms with E-state index in [4.69, 9.17) is 32.7 Å². The van der Waals surface area contributed by atoms with Crippen molar-refractivity contribution in [2.75, 3.05) is 39.2 Å². The van der Waals surface area contributed by atoms with Gasteiger partial charge in [-0.3, -0.25) is 14.5 Å². The van der Waals surface area contributed by atoms with Crippen molar-refractivity contribution in [3.63, 3.8) is 0 Å². The molecule has 2 aliphatic rings. The lowest BCUT2D eigenvalue weighted by molar-refractivity contribution is -0.275. The van der Waals surface area contributed by atoms with Crippen LogP contribution in [0.15, 0.2) is 53.4 Å². The molecule has 1 fully saturated rings. The van der Waals surface area contributed by atoms with E-state index in [9.17, 15) is 31.5 Å². The molecule has 3 aromatic rings. The Morgan fingerprint density at radius 3 is 2.33 bits per heavy atom. The highest BCUT2D eigenvalue weighted by atomic mass is 35.5. The molecule has 0 aromatic heterocycles. The first-order valence-corrected chi connectivity index (χ1v) is 16.4. The van der Waals surface area contributed by atoms with E-state index in [1.807, 2.05) is 0 Å². The van der Waals surface area contributed by atoms with Crippen molar-refractivity contribution in [1.29, 1.82) is 0 Å². The lowest BCUT2D eigenvalue weighted by Gasteiger charge is -2.42. The molecule has 1 unspecified atom stereocenters. The van der Waals surface area contributed by atoms with Gasteiger partial charge in [-0.25, -0.2) is 12.7 Å². The highest BCUT2D eigenvalue weighted by molar-refractivity contribution is 7.93. The first-order chi connectivity index (χ1) is 22.4. The van der Waals surface area contributed by atoms with Gasteiger partial charge in [-0.15, -0.1) is 13.2 Å². The number of aliphatic hydroxyl groups excluding tert-OH is 1. The minimum atomic E-state index is -5.33. The van der Waals surface area contributed by atoms with E-state index >= 15 is 4.79 Å². The van der Waals surface area contributed by atoms with Crippen LogP contribution in [0.5, 0.6) is 17.2 Å². The van der Waals surface area contributed by atoms with Crippen molar-refractivity contribution in [2.45, 2.75) is 42.3 Å². The Kier molecular flexibility index (Phi) is 9.33. The van der Waals surface area contributed by atoms with E-state index in [1.165, 1.54) is 49.2 Å². The summed E-state index contributed by atoms with van der Waals surface area (Å²) in [7, 11) is 0.134. The number of hydrogen-bond acceptors (Lipinski definition) is 9. The van der Waals surface area contributed by atoms with Gasteiger partial charge in [0.05, 0.1) is 42.1 Å². The molecule has 3 aromatic carbocycles. The van der Waals surface area contributed by atoms with Gasteiger partial charge < -0.3 is 24.2 Å². The number of sulfonamides is 1. The van der Waals surface area contributed by atoms with Crippen LogP contribution in [0.25, 0.3) is 0 Å². The number of hydrogen-bond donors (Lipinski definition) is 1. The monoisotopic (exact) mass is 731 g/mol. The predicted molar refractivity (Wildman–Crippen MR) is 169 cm³/mol. The Labute approximate surface area is 284 Å². The summed E-state index contributed by atoms with van der Waals surface area (Å²) in [5, 5.41) is 10.6. The van der Waals surface area contributed by atoms with Gasteiger partial charge in [0.2, 0.25) is 5.91 Å². The highest BCUT2D eigenvalue weighted by Gasteiger charge is 2.65. The third kappa shape index (κ3) is 5.70. The second-order valence-corrected chi connectivity index (χ2v) is 13.9. The zero-order valence-electron chi connectivity index (χ0n) is 26.1. The molecular weight excluding hydrogens is 702 g/mol. The van der Waals surface area contributed by atoms with Crippen molar-refractivity contribution in [1.82, 2.24) is 9.80 Å². The third-order valence-electron chi connectivity index (χ3n) is 8.22. The zero-order chi connectivity index (χ0) is 35.5. The van der Waals surface area contributed by atoms with E-state index < -0.39 is 56.5 Å². The number of β-amino-alcohol motifs (C(OH)–C–C–N with tert-alkyl or cyclic N) is 1. The molecule has 48 heavy (non-hydrogen) atoms. The smallest absolute Gasteiger partial charge is 0.497 e. The molecule has 5 rings (SSSR count). The van der Waals surface area contributed by atoms with E-state index in [2.05, 4.69) is 4.74 Å². The van der Waals surface area contributed by atoms with Crippen LogP contribution in [0.1, 0.15) is 23.1 Å². The number of aliphatic hydroxyl groups is 1. The number of ether oxygens (including phenoxy) is 3. The first kappa shape index (κ1) is 35.5. The number of carbonyl (C=O) groups is 2. The third-order valence-corrected chi connectivity index (χ3v) is 10.8. The van der Waals surface area contributed by atoms with E-state index in [0.29, 0.717) is 9.87 Å². The molecule has 17 heteroatoms. The number of benzene rings is 3. The predicted octanol–water partition coefficient (Wildman–Crippen LogP) is 4.72. The standard InChI is InChI=1S/C31H30Cl2F3N3O8S/c1-16-6-10-23(46-5)19(12-16)30(38-15-17(40)13-22(38)28(41)37(2)3)26-21(9-8-20(32)27(26)33)39(29(30)42)48(43,44)25-11-7-18(45-4)14-24(25)47-31(34,35)36/h6-12,14,17,22,40H,13,15H2,1-5H3/t17-,22+,30?/m1/s1. The molecule has 3 atom stereocenters. The number of nitrogens with zero attached hydrogens (tertiary/aromatic N) is 3. The molecular formula is C31H30Cl2F3N3O8S. The highest BCUT2D eigenvalue weighted by Crippen LogP contribution is 2.58. The number of anilines is 1. The summed E-state index contributed by atoms with van der Waals surface area (Å²) in [6, 6.07) is 8.57. The molecule has 0 saturated carbocycles. The summed E-state index contributed by atoms with van der Waals surface area (Å²) in [6.45, 7) is 1.37. The van der Waals surface area contributed by atoms with Gasteiger partial charge in [-0.2, -0.15) is 0 Å². The molecule has 0 bridgehead atoms. The molecule has 1 saturated heterocycles. The van der Waals surface area contributed by atoms with Crippen molar-refractivity contribution < 1.29 is 50.5 Å². The first-order valence-electron chi connectivity index (χ1n) is 14.2. The van der Waals surface area contributed by atoms with E-state index in [0.717, 1.165) is 25.3 Å². The van der Waals surface area contributed by atoms with Gasteiger partial charge >= 0.3 is 6.36 Å². The molecule has 2 heterocycles. The van der Waals surface area contributed by atoms with Crippen LogP contribution in [0.3, 0.4) is 0 Å². The fourth-order valence-electron chi connectivity index (χ4n) is 6.28. The summed E-state index contributed by atoms with van der Waals surface area (Å²) in [6.07, 6.45) is -6.65. The van der Waals surface area contributed by atoms with Gasteiger partial charge in [-0.1, -0.05) is 34.8 Å². The number of halogens is 5. The van der Waals surface area contributed by atoms with Gasteiger partial charge in [0.25, 0.3) is 15.9 Å². The normalized spacial score (nSPS) is 21.3. The number of carbonyl (C=O) groups excluding carboxylic acids is 2. The number of aryl methyl sites for hydroxylation is 1. The maximum absolute atomic E-state index is 15.4. The number of likely N-dealkylation sites (tertiary alicyclic amines) is 1. The van der Waals surface area contributed by atoms with Crippen LogP contribution < -0.4 is 18.5 Å². The van der Waals surface area contributed by atoms with Gasteiger partial charge in [0, 0.05) is 37.8 Å². The van der Waals surface area contributed by atoms with Crippen LogP contribution >= 0.6 is 23.2 Å². The number of methoxy groups -OCH3 is 2. The topological polar surface area (TPSA) is 126 Å². The molecule has 2 amide bonds. The van der Waals surface area contributed by atoms with Crippen molar-refractivity contribution >= 4 is 50.7 Å². The summed E-state index contributed by atoms with van der Waals surface area (Å²) in [5.74, 6) is -3.02. The zero-order valence-corrected chi connectivity index (χ0v) is 28.5. The Morgan fingerprint density at radius 2 is 1.73 bits per heavy atom. The Morgan fingerprint density at radius 1 is 1.04 bits per heavy atom. The average Bonchev–Trinajstić information content (AvgIpc) is 3.52. The summed E-state index contributed by atoms with van der Waals surface area (Å²) >= 11 is 13.4. The van der Waals surface area contributed by atoms with Crippen LogP contribution in [-0.4, -0.2) is 88.5 Å². The molecule has 0 radical (unpaired) electrons. The number of fused-ring (bicyclic) bond motifs is 1. The van der Waals surface area contributed by atoms with E-state index in [1.54, 1.807) is 19.1 Å². The van der Waals surface area contributed by atoms with Gasteiger partial charge in [0.15, 0.2) is 11.3 Å². The van der Waals surface area contributed by atoms with Crippen LogP contribution in [0.2, 0.25) is 10.0 Å². The van der Waals surface area contributed by atoms with Gasteiger partial charge in [-0.05, 0) is 49.7 Å². The Balaban J connectivity index is 1.91. The quantitative estimate of drug-likeness (QED) is 0.351. The Hall–Kier alpha value is -3.76. The largest absolute Gasteiger partial charge is 0.573 e. The number of amides is 2. The minimum absolute atomic E-state index is 0.0465.